The molecular formula is C27H29ClN6O4. The second kappa shape index (κ2) is 9.68. The summed E-state index contributed by atoms with van der Waals surface area (Å²) in [6.45, 7) is 8.01. The minimum Gasteiger partial charge on any atom is -0.489 e. The number of hydrogen-bond acceptors (Lipinski definition) is 8. The van der Waals surface area contributed by atoms with Crippen LogP contribution in [0.2, 0.25) is 5.02 Å². The van der Waals surface area contributed by atoms with Gasteiger partial charge >= 0.3 is 6.03 Å². The maximum atomic E-state index is 13.7. The smallest absolute Gasteiger partial charge is 0.327 e. The van der Waals surface area contributed by atoms with Gasteiger partial charge in [-0.25, -0.2) is 9.78 Å². The molecule has 10 nitrogen and oxygen atoms in total. The Bertz CT molecular complexity index is 1390. The molecule has 2 amide bonds. The number of nitrogens with zero attached hydrogens (tertiary/aromatic N) is 5. The third-order valence-corrected chi connectivity index (χ3v) is 7.18. The lowest BCUT2D eigenvalue weighted by Gasteiger charge is -2.36. The number of pyridine rings is 3. The molecule has 2 saturated heterocycles. The summed E-state index contributed by atoms with van der Waals surface area (Å²) in [5, 5.41) is 3.52. The lowest BCUT2D eigenvalue weighted by atomic mass is 10.1. The number of halogens is 1. The fourth-order valence-electron chi connectivity index (χ4n) is 5.17. The SMILES string of the molecule is Cc1cc(-c2nc3c(cc2Cl)N2CC[C@@H](C2)N3C(=O)Nc2cncc(OC[C@@H]3COC(C)(C)O3)c2)ccn1. The highest BCUT2D eigenvalue weighted by atomic mass is 35.5. The van der Waals surface area contributed by atoms with E-state index in [1.807, 2.05) is 39.0 Å². The van der Waals surface area contributed by atoms with Crippen LogP contribution in [0, 0.1) is 6.92 Å². The molecule has 2 fully saturated rings. The zero-order chi connectivity index (χ0) is 26.4. The van der Waals surface area contributed by atoms with E-state index in [0.29, 0.717) is 41.2 Å². The van der Waals surface area contributed by atoms with Crippen LogP contribution in [0.4, 0.5) is 22.0 Å². The number of fused-ring (bicyclic) bond motifs is 4. The van der Waals surface area contributed by atoms with Gasteiger partial charge in [0, 0.05) is 36.6 Å². The van der Waals surface area contributed by atoms with Gasteiger partial charge < -0.3 is 24.4 Å². The van der Waals surface area contributed by atoms with Crippen LogP contribution in [-0.4, -0.2) is 65.2 Å². The molecule has 2 atom stereocenters. The molecule has 11 heteroatoms. The highest BCUT2D eigenvalue weighted by Gasteiger charge is 2.41. The topological polar surface area (TPSA) is 102 Å². The third kappa shape index (κ3) is 4.87. The van der Waals surface area contributed by atoms with Gasteiger partial charge in [-0.15, -0.1) is 0 Å². The number of carbonyl (C=O) groups excluding carboxylic acids is 1. The number of rotatable bonds is 5. The zero-order valence-electron chi connectivity index (χ0n) is 21.5. The zero-order valence-corrected chi connectivity index (χ0v) is 22.2. The molecule has 0 spiro atoms. The predicted molar refractivity (Wildman–Crippen MR) is 144 cm³/mol. The Balaban J connectivity index is 1.23. The van der Waals surface area contributed by atoms with Crippen LogP contribution in [0.15, 0.2) is 42.9 Å². The van der Waals surface area contributed by atoms with Crippen molar-refractivity contribution in [1.82, 2.24) is 15.0 Å². The second-order valence-corrected chi connectivity index (χ2v) is 10.6. The van der Waals surface area contributed by atoms with E-state index in [1.54, 1.807) is 29.6 Å². The third-order valence-electron chi connectivity index (χ3n) is 6.89. The normalized spacial score (nSPS) is 21.4. The molecule has 3 aliphatic rings. The van der Waals surface area contributed by atoms with E-state index in [9.17, 15) is 4.79 Å². The van der Waals surface area contributed by atoms with Crippen molar-refractivity contribution in [3.8, 4) is 17.0 Å². The van der Waals surface area contributed by atoms with Gasteiger partial charge in [0.1, 0.15) is 18.5 Å². The Morgan fingerprint density at radius 2 is 2.16 bits per heavy atom. The molecule has 6 rings (SSSR count). The molecule has 3 aliphatic heterocycles. The van der Waals surface area contributed by atoms with Gasteiger partial charge in [0.25, 0.3) is 0 Å². The maximum Gasteiger partial charge on any atom is 0.327 e. The molecule has 38 heavy (non-hydrogen) atoms. The highest BCUT2D eigenvalue weighted by Crippen LogP contribution is 2.43. The van der Waals surface area contributed by atoms with Crippen LogP contribution in [0.5, 0.6) is 5.75 Å². The first-order valence-corrected chi connectivity index (χ1v) is 13.0. The molecule has 0 unspecified atom stereocenters. The standard InChI is InChI=1S/C27H29ClN6O4/c1-16-8-17(4-6-30-16)24-22(28)10-23-25(32-24)34(19-5-7-33(23)13-19)26(35)31-18-9-20(12-29-11-18)36-14-21-15-37-27(2,3)38-21/h4,6,8-12,19,21H,5,7,13-15H2,1-3H3,(H,31,35)/t19-,21+/m0/s1. The Morgan fingerprint density at radius 1 is 1.29 bits per heavy atom. The van der Waals surface area contributed by atoms with E-state index < -0.39 is 5.79 Å². The molecule has 3 aromatic rings. The summed E-state index contributed by atoms with van der Waals surface area (Å²) in [7, 11) is 0. The fourth-order valence-corrected chi connectivity index (χ4v) is 5.42. The minimum absolute atomic E-state index is 0.00142. The first-order valence-electron chi connectivity index (χ1n) is 12.6. The van der Waals surface area contributed by atoms with Crippen molar-refractivity contribution >= 4 is 34.8 Å². The number of nitrogens with one attached hydrogen (secondary N) is 1. The van der Waals surface area contributed by atoms with Crippen molar-refractivity contribution < 1.29 is 19.0 Å². The molecule has 6 heterocycles. The number of aryl methyl sites for hydroxylation is 1. The van der Waals surface area contributed by atoms with Crippen molar-refractivity contribution in [2.45, 2.75) is 45.1 Å². The van der Waals surface area contributed by atoms with E-state index in [2.05, 4.69) is 20.2 Å². The van der Waals surface area contributed by atoms with Crippen molar-refractivity contribution in [3.63, 3.8) is 0 Å². The van der Waals surface area contributed by atoms with Gasteiger partial charge in [0.15, 0.2) is 11.6 Å². The molecule has 0 radical (unpaired) electrons. The van der Waals surface area contributed by atoms with Gasteiger partial charge in [0.2, 0.25) is 0 Å². The van der Waals surface area contributed by atoms with Crippen LogP contribution in [0.25, 0.3) is 11.3 Å². The fraction of sp³-hybridized carbons (Fsp3) is 0.407. The largest absolute Gasteiger partial charge is 0.489 e. The first kappa shape index (κ1) is 24.8. The van der Waals surface area contributed by atoms with E-state index in [-0.39, 0.29) is 18.2 Å². The molecule has 3 aromatic heterocycles. The molecule has 0 aromatic carbocycles. The van der Waals surface area contributed by atoms with Gasteiger partial charge in [0.05, 0.1) is 47.1 Å². The maximum absolute atomic E-state index is 13.7. The van der Waals surface area contributed by atoms with Crippen LogP contribution in [0.1, 0.15) is 26.0 Å². The van der Waals surface area contributed by atoms with Crippen LogP contribution >= 0.6 is 11.6 Å². The molecule has 198 valence electrons. The number of ether oxygens (including phenoxy) is 3. The van der Waals surface area contributed by atoms with Crippen molar-refractivity contribution in [3.05, 3.63) is 53.6 Å². The highest BCUT2D eigenvalue weighted by molar-refractivity contribution is 6.33. The molecular weight excluding hydrogens is 508 g/mol. The molecule has 1 N–H and O–H groups in total. The molecule has 0 saturated carbocycles. The summed E-state index contributed by atoms with van der Waals surface area (Å²) in [4.78, 5) is 31.1. The lowest BCUT2D eigenvalue weighted by Crippen LogP contribution is -2.48. The average Bonchev–Trinajstić information content (AvgIpc) is 3.46. The number of anilines is 3. The summed E-state index contributed by atoms with van der Waals surface area (Å²) in [6, 6.07) is 7.18. The second-order valence-electron chi connectivity index (χ2n) is 10.2. The average molecular weight is 537 g/mol. The quantitative estimate of drug-likeness (QED) is 0.502. The molecule has 0 aliphatic carbocycles. The summed E-state index contributed by atoms with van der Waals surface area (Å²) in [5.41, 5.74) is 3.71. The molecule has 2 bridgehead atoms. The number of aromatic nitrogens is 3. The van der Waals surface area contributed by atoms with Crippen molar-refractivity contribution in [2.24, 2.45) is 0 Å². The van der Waals surface area contributed by atoms with Gasteiger partial charge in [-0.05, 0) is 45.4 Å². The van der Waals surface area contributed by atoms with Crippen molar-refractivity contribution in [2.75, 3.05) is 41.4 Å². The summed E-state index contributed by atoms with van der Waals surface area (Å²) >= 11 is 6.68. The number of urea groups is 1. The monoisotopic (exact) mass is 536 g/mol. The summed E-state index contributed by atoms with van der Waals surface area (Å²) in [6.07, 6.45) is 5.60. The lowest BCUT2D eigenvalue weighted by molar-refractivity contribution is -0.141. The minimum atomic E-state index is -0.614. The van der Waals surface area contributed by atoms with Crippen molar-refractivity contribution in [1.29, 1.82) is 0 Å². The van der Waals surface area contributed by atoms with E-state index in [0.717, 1.165) is 36.5 Å². The van der Waals surface area contributed by atoms with E-state index in [1.165, 1.54) is 0 Å². The van der Waals surface area contributed by atoms with E-state index >= 15 is 0 Å². The Kier molecular flexibility index (Phi) is 6.33. The number of carbonyl (C=O) groups is 1. The first-order chi connectivity index (χ1) is 18.3. The number of amides is 2. The summed E-state index contributed by atoms with van der Waals surface area (Å²) < 4.78 is 17.3. The van der Waals surface area contributed by atoms with Gasteiger partial charge in [-0.3, -0.25) is 14.9 Å². The predicted octanol–water partition coefficient (Wildman–Crippen LogP) is 4.66. The summed E-state index contributed by atoms with van der Waals surface area (Å²) in [5.74, 6) is 0.505. The Morgan fingerprint density at radius 3 is 2.95 bits per heavy atom. The van der Waals surface area contributed by atoms with Gasteiger partial charge in [-0.2, -0.15) is 0 Å². The Hall–Kier alpha value is -3.47. The van der Waals surface area contributed by atoms with Crippen LogP contribution in [0.3, 0.4) is 0 Å². The Labute approximate surface area is 225 Å². The number of hydrogen-bond donors (Lipinski definition) is 1. The van der Waals surface area contributed by atoms with Crippen LogP contribution < -0.4 is 19.9 Å². The van der Waals surface area contributed by atoms with E-state index in [4.69, 9.17) is 30.8 Å². The van der Waals surface area contributed by atoms with Crippen LogP contribution in [-0.2, 0) is 9.47 Å². The van der Waals surface area contributed by atoms with Gasteiger partial charge in [-0.1, -0.05) is 11.6 Å².